The Kier molecular flexibility index (Phi) is 3.95. The van der Waals surface area contributed by atoms with Crippen LogP contribution in [0.3, 0.4) is 0 Å². The van der Waals surface area contributed by atoms with Gasteiger partial charge in [0.15, 0.2) is 6.19 Å². The van der Waals surface area contributed by atoms with Crippen LogP contribution in [0, 0.1) is 11.5 Å². The van der Waals surface area contributed by atoms with E-state index < -0.39 is 0 Å². The zero-order chi connectivity index (χ0) is 11.3. The van der Waals surface area contributed by atoms with E-state index in [0.29, 0.717) is 16.4 Å². The molecule has 0 fully saturated rings. The van der Waals surface area contributed by atoms with E-state index in [2.05, 4.69) is 10.3 Å². The molecule has 0 aromatic heterocycles. The lowest BCUT2D eigenvalue weighted by molar-refractivity contribution is 0.468. The van der Waals surface area contributed by atoms with Crippen molar-refractivity contribution in [1.82, 2.24) is 5.32 Å². The van der Waals surface area contributed by atoms with Crippen LogP contribution in [0.5, 0.6) is 5.75 Å². The molecule has 0 unspecified atom stereocenters. The second-order valence-electron chi connectivity index (χ2n) is 2.88. The number of aliphatic imine (C=N–C) groups is 1. The summed E-state index contributed by atoms with van der Waals surface area (Å²) in [7, 11) is 0. The van der Waals surface area contributed by atoms with Crippen LogP contribution >= 0.6 is 11.6 Å². The Morgan fingerprint density at radius 1 is 1.67 bits per heavy atom. The van der Waals surface area contributed by atoms with Gasteiger partial charge in [0, 0.05) is 10.6 Å². The third kappa shape index (κ3) is 3.15. The number of rotatable bonds is 2. The maximum Gasteiger partial charge on any atom is 0.182 e. The van der Waals surface area contributed by atoms with Gasteiger partial charge in [-0.2, -0.15) is 5.26 Å². The lowest BCUT2D eigenvalue weighted by Crippen LogP contribution is -2.13. The van der Waals surface area contributed by atoms with Gasteiger partial charge < -0.3 is 5.11 Å². The van der Waals surface area contributed by atoms with Gasteiger partial charge in [-0.3, -0.25) is 10.3 Å². The number of halogens is 1. The van der Waals surface area contributed by atoms with Crippen LogP contribution in [-0.4, -0.2) is 10.9 Å². The first-order valence-electron chi connectivity index (χ1n) is 4.27. The number of benzene rings is 1. The number of nitriles is 1. The van der Waals surface area contributed by atoms with E-state index in [9.17, 15) is 5.11 Å². The van der Waals surface area contributed by atoms with Crippen molar-refractivity contribution in [1.29, 1.82) is 5.26 Å². The van der Waals surface area contributed by atoms with Crippen molar-refractivity contribution in [3.63, 3.8) is 0 Å². The van der Waals surface area contributed by atoms with E-state index in [0.717, 1.165) is 0 Å². The third-order valence-corrected chi connectivity index (χ3v) is 2.16. The molecule has 0 aliphatic heterocycles. The minimum absolute atomic E-state index is 0.107. The molecular formula is C10H10ClN3O. The molecule has 1 rings (SSSR count). The third-order valence-electron chi connectivity index (χ3n) is 1.81. The fraction of sp³-hybridized carbons (Fsp3) is 0.200. The molecule has 0 aliphatic carbocycles. The first-order valence-corrected chi connectivity index (χ1v) is 4.65. The summed E-state index contributed by atoms with van der Waals surface area (Å²) in [6, 6.07) is 4.88. The molecule has 1 aromatic carbocycles. The van der Waals surface area contributed by atoms with Crippen LogP contribution in [0.25, 0.3) is 0 Å². The molecule has 78 valence electrons. The molecule has 0 bridgehead atoms. The molecule has 15 heavy (non-hydrogen) atoms. The topological polar surface area (TPSA) is 68.4 Å². The number of nitrogens with zero attached hydrogens (tertiary/aromatic N) is 2. The molecule has 0 aliphatic rings. The van der Waals surface area contributed by atoms with E-state index in [-0.39, 0.29) is 12.3 Å². The Hall–Kier alpha value is -1.73. The summed E-state index contributed by atoms with van der Waals surface area (Å²) in [5.41, 5.74) is 0.554. The zero-order valence-corrected chi connectivity index (χ0v) is 8.91. The quantitative estimate of drug-likeness (QED) is 0.349. The second-order valence-corrected chi connectivity index (χ2v) is 3.28. The number of nitrogens with one attached hydrogen (secondary N) is 1. The summed E-state index contributed by atoms with van der Waals surface area (Å²) < 4.78 is 0. The average Bonchev–Trinajstić information content (AvgIpc) is 2.17. The Morgan fingerprint density at radius 3 is 3.00 bits per heavy atom. The number of aromatic hydroxyl groups is 1. The maximum absolute atomic E-state index is 9.50. The molecule has 0 amide bonds. The highest BCUT2D eigenvalue weighted by Crippen LogP contribution is 2.25. The van der Waals surface area contributed by atoms with Crippen LogP contribution in [-0.2, 0) is 6.54 Å². The summed E-state index contributed by atoms with van der Waals surface area (Å²) in [5.74, 6) is 0.591. The minimum atomic E-state index is 0.107. The summed E-state index contributed by atoms with van der Waals surface area (Å²) in [6.45, 7) is 1.91. The Labute approximate surface area is 92.8 Å². The van der Waals surface area contributed by atoms with Gasteiger partial charge in [0.05, 0.1) is 6.54 Å². The molecule has 1 aromatic rings. The lowest BCUT2D eigenvalue weighted by Gasteiger charge is -2.04. The first kappa shape index (κ1) is 11.3. The van der Waals surface area contributed by atoms with Gasteiger partial charge in [-0.25, -0.2) is 0 Å². The van der Waals surface area contributed by atoms with Gasteiger partial charge in [0.25, 0.3) is 0 Å². The number of hydrogen-bond donors (Lipinski definition) is 2. The molecule has 0 saturated carbocycles. The van der Waals surface area contributed by atoms with Gasteiger partial charge in [-0.1, -0.05) is 17.7 Å². The highest BCUT2D eigenvalue weighted by atomic mass is 35.5. The van der Waals surface area contributed by atoms with Crippen molar-refractivity contribution in [2.24, 2.45) is 4.99 Å². The van der Waals surface area contributed by atoms with E-state index in [1.54, 1.807) is 31.3 Å². The number of phenols is 1. The van der Waals surface area contributed by atoms with Crippen LogP contribution in [0.4, 0.5) is 0 Å². The smallest absolute Gasteiger partial charge is 0.182 e. The Morgan fingerprint density at radius 2 is 2.40 bits per heavy atom. The molecule has 0 heterocycles. The molecule has 2 N–H and O–H groups in total. The van der Waals surface area contributed by atoms with Crippen LogP contribution < -0.4 is 5.32 Å². The van der Waals surface area contributed by atoms with Crippen molar-refractivity contribution < 1.29 is 5.11 Å². The van der Waals surface area contributed by atoms with E-state index in [1.807, 2.05) is 0 Å². The SMILES string of the molecule is CC(=NCc1c(O)cccc1Cl)NC#N. The normalized spacial score (nSPS) is 10.9. The van der Waals surface area contributed by atoms with E-state index in [1.165, 1.54) is 0 Å². The predicted octanol–water partition coefficient (Wildman–Crippen LogP) is 2.03. The monoisotopic (exact) mass is 223 g/mol. The van der Waals surface area contributed by atoms with Crippen LogP contribution in [0.15, 0.2) is 23.2 Å². The average molecular weight is 224 g/mol. The van der Waals surface area contributed by atoms with Gasteiger partial charge in [0.1, 0.15) is 11.6 Å². The Bertz CT molecular complexity index is 403. The first-order chi connectivity index (χ1) is 7.15. The van der Waals surface area contributed by atoms with Crippen molar-refractivity contribution in [2.45, 2.75) is 13.5 Å². The highest BCUT2D eigenvalue weighted by Gasteiger charge is 2.04. The second kappa shape index (κ2) is 5.23. The Balaban J connectivity index is 2.82. The fourth-order valence-corrected chi connectivity index (χ4v) is 1.25. The molecular weight excluding hydrogens is 214 g/mol. The summed E-state index contributed by atoms with van der Waals surface area (Å²) in [4.78, 5) is 4.04. The van der Waals surface area contributed by atoms with E-state index in [4.69, 9.17) is 16.9 Å². The molecule has 0 spiro atoms. The number of phenolic OH excluding ortho intramolecular Hbond substituents is 1. The molecule has 4 nitrogen and oxygen atoms in total. The van der Waals surface area contributed by atoms with Gasteiger partial charge >= 0.3 is 0 Å². The highest BCUT2D eigenvalue weighted by molar-refractivity contribution is 6.31. The molecule has 5 heteroatoms. The summed E-state index contributed by atoms with van der Waals surface area (Å²) >= 11 is 5.88. The van der Waals surface area contributed by atoms with E-state index >= 15 is 0 Å². The van der Waals surface area contributed by atoms with Crippen molar-refractivity contribution in [2.75, 3.05) is 0 Å². The predicted molar refractivity (Wildman–Crippen MR) is 58.7 cm³/mol. The standard InChI is InChI=1S/C10H10ClN3O/c1-7(14-6-12)13-5-8-9(11)3-2-4-10(8)15/h2-4,15H,5H2,1H3,(H,13,14). The number of hydrogen-bond acceptors (Lipinski definition) is 3. The minimum Gasteiger partial charge on any atom is -0.508 e. The maximum atomic E-state index is 9.50. The fourth-order valence-electron chi connectivity index (χ4n) is 1.02. The molecule has 0 saturated heterocycles. The lowest BCUT2D eigenvalue weighted by atomic mass is 10.2. The summed E-state index contributed by atoms with van der Waals surface area (Å²) in [6.07, 6.45) is 1.76. The van der Waals surface area contributed by atoms with Gasteiger partial charge in [-0.15, -0.1) is 0 Å². The summed E-state index contributed by atoms with van der Waals surface area (Å²) in [5, 5.41) is 20.7. The van der Waals surface area contributed by atoms with Crippen LogP contribution in [0.2, 0.25) is 5.02 Å². The molecule has 0 radical (unpaired) electrons. The molecule has 0 atom stereocenters. The van der Waals surface area contributed by atoms with Crippen LogP contribution in [0.1, 0.15) is 12.5 Å². The van der Waals surface area contributed by atoms with Crippen molar-refractivity contribution >= 4 is 17.4 Å². The largest absolute Gasteiger partial charge is 0.508 e. The van der Waals surface area contributed by atoms with Crippen molar-refractivity contribution in [3.05, 3.63) is 28.8 Å². The zero-order valence-electron chi connectivity index (χ0n) is 8.16. The van der Waals surface area contributed by atoms with Crippen molar-refractivity contribution in [3.8, 4) is 11.9 Å². The number of amidine groups is 1. The van der Waals surface area contributed by atoms with Gasteiger partial charge in [0.2, 0.25) is 0 Å². The van der Waals surface area contributed by atoms with Gasteiger partial charge in [-0.05, 0) is 19.1 Å².